The van der Waals surface area contributed by atoms with Gasteiger partial charge in [-0.25, -0.2) is 0 Å². The first-order valence-corrected chi connectivity index (χ1v) is 9.55. The van der Waals surface area contributed by atoms with Crippen LogP contribution in [0.1, 0.15) is 72.1 Å². The minimum absolute atomic E-state index is 0.920. The zero-order valence-corrected chi connectivity index (χ0v) is 13.9. The van der Waals surface area contributed by atoms with E-state index in [1.54, 1.807) is 25.7 Å². The highest BCUT2D eigenvalue weighted by Crippen LogP contribution is 2.50. The van der Waals surface area contributed by atoms with Gasteiger partial charge < -0.3 is 0 Å². The van der Waals surface area contributed by atoms with Crippen LogP contribution in [0.2, 0.25) is 0 Å². The zero-order valence-electron chi connectivity index (χ0n) is 13.1. The first kappa shape index (κ1) is 16.4. The van der Waals surface area contributed by atoms with Gasteiger partial charge in [-0.3, -0.25) is 0 Å². The Kier molecular flexibility index (Phi) is 8.46. The number of hydrogen-bond acceptors (Lipinski definition) is 1. The summed E-state index contributed by atoms with van der Waals surface area (Å²) in [5.41, 5.74) is 0. The largest absolute Gasteiger partial charge is 0.165 e. The molecule has 0 aromatic rings. The number of thioether (sulfide) groups is 1. The van der Waals surface area contributed by atoms with Crippen molar-refractivity contribution in [3.8, 4) is 0 Å². The van der Waals surface area contributed by atoms with E-state index in [2.05, 4.69) is 27.0 Å². The Hall–Kier alpha value is 0.350. The van der Waals surface area contributed by atoms with Crippen LogP contribution in [0.15, 0.2) is 0 Å². The van der Waals surface area contributed by atoms with Gasteiger partial charge >= 0.3 is 0 Å². The Morgan fingerprint density at radius 2 is 1.94 bits per heavy atom. The minimum atomic E-state index is 0.920. The Morgan fingerprint density at radius 1 is 1.17 bits per heavy atom. The molecule has 2 aliphatic rings. The van der Waals surface area contributed by atoms with Crippen LogP contribution in [0.25, 0.3) is 0 Å². The second-order valence-corrected chi connectivity index (χ2v) is 7.74. The third-order valence-electron chi connectivity index (χ3n) is 4.70. The molecule has 3 unspecified atom stereocenters. The van der Waals surface area contributed by atoms with Gasteiger partial charge in [0.25, 0.3) is 0 Å². The summed E-state index contributed by atoms with van der Waals surface area (Å²) in [6.45, 7) is 6.93. The lowest BCUT2D eigenvalue weighted by atomic mass is 9.84. The molecule has 0 aliphatic heterocycles. The van der Waals surface area contributed by atoms with Gasteiger partial charge in [0, 0.05) is 0 Å². The molecule has 0 radical (unpaired) electrons. The standard InChI is InChI=1S/C12H22.C5H12S/c1-9(2)3-5-11-7-10-4-6-12(11)8-10;1-3-4-5-6-2/h9-12H,3-8H2,1-2H3;3-5H2,1-2H3. The molecule has 3 atom stereocenters. The fourth-order valence-electron chi connectivity index (χ4n) is 3.57. The summed E-state index contributed by atoms with van der Waals surface area (Å²) in [7, 11) is 0. The van der Waals surface area contributed by atoms with E-state index in [9.17, 15) is 0 Å². The van der Waals surface area contributed by atoms with Gasteiger partial charge in [-0.15, -0.1) is 0 Å². The molecular weight excluding hydrogens is 236 g/mol. The SMILES string of the molecule is CC(C)CCC1CC2CCC1C2.CCCCSC. The molecule has 2 fully saturated rings. The van der Waals surface area contributed by atoms with Crippen molar-refractivity contribution in [1.29, 1.82) is 0 Å². The highest BCUT2D eigenvalue weighted by Gasteiger charge is 2.38. The highest BCUT2D eigenvalue weighted by atomic mass is 32.2. The van der Waals surface area contributed by atoms with Crippen molar-refractivity contribution in [3.05, 3.63) is 0 Å². The van der Waals surface area contributed by atoms with Crippen LogP contribution in [0, 0.1) is 23.7 Å². The molecule has 0 saturated heterocycles. The van der Waals surface area contributed by atoms with Crippen LogP contribution in [0.3, 0.4) is 0 Å². The van der Waals surface area contributed by atoms with Gasteiger partial charge in [0.05, 0.1) is 0 Å². The fraction of sp³-hybridized carbons (Fsp3) is 1.00. The van der Waals surface area contributed by atoms with E-state index >= 15 is 0 Å². The molecule has 0 nitrogen and oxygen atoms in total. The van der Waals surface area contributed by atoms with Crippen molar-refractivity contribution >= 4 is 11.8 Å². The van der Waals surface area contributed by atoms with Gasteiger partial charge in [0.15, 0.2) is 0 Å². The lowest BCUT2D eigenvalue weighted by Crippen LogP contribution is -2.10. The average Bonchev–Trinajstić information content (AvgIpc) is 2.96. The Labute approximate surface area is 120 Å². The Morgan fingerprint density at radius 3 is 2.33 bits per heavy atom. The maximum atomic E-state index is 2.35. The molecule has 1 heteroatoms. The summed E-state index contributed by atoms with van der Waals surface area (Å²) in [4.78, 5) is 0. The molecule has 2 aliphatic carbocycles. The van der Waals surface area contributed by atoms with Crippen molar-refractivity contribution in [2.45, 2.75) is 72.1 Å². The molecule has 0 N–H and O–H groups in total. The maximum absolute atomic E-state index is 2.35. The first-order chi connectivity index (χ1) is 8.67. The van der Waals surface area contributed by atoms with E-state index < -0.39 is 0 Å². The third kappa shape index (κ3) is 5.99. The number of fused-ring (bicyclic) bond motifs is 2. The lowest BCUT2D eigenvalue weighted by Gasteiger charge is -2.22. The zero-order chi connectivity index (χ0) is 13.4. The van der Waals surface area contributed by atoms with Crippen LogP contribution in [-0.2, 0) is 0 Å². The fourth-order valence-corrected chi connectivity index (χ4v) is 4.14. The molecule has 0 spiro atoms. The number of hydrogen-bond donors (Lipinski definition) is 0. The van der Waals surface area contributed by atoms with Gasteiger partial charge in [-0.1, -0.05) is 40.0 Å². The quantitative estimate of drug-likeness (QED) is 0.533. The van der Waals surface area contributed by atoms with Crippen LogP contribution < -0.4 is 0 Å². The van der Waals surface area contributed by atoms with E-state index in [1.165, 1.54) is 31.4 Å². The molecule has 2 bridgehead atoms. The van der Waals surface area contributed by atoms with Crippen molar-refractivity contribution in [3.63, 3.8) is 0 Å². The van der Waals surface area contributed by atoms with Crippen LogP contribution in [0.5, 0.6) is 0 Å². The van der Waals surface area contributed by atoms with E-state index in [4.69, 9.17) is 0 Å². The summed E-state index contributed by atoms with van der Waals surface area (Å²) in [6, 6.07) is 0. The molecule has 2 saturated carbocycles. The molecular formula is C17H34S. The monoisotopic (exact) mass is 270 g/mol. The minimum Gasteiger partial charge on any atom is -0.165 e. The normalized spacial score (nSPS) is 29.5. The number of rotatable bonds is 6. The van der Waals surface area contributed by atoms with E-state index in [1.807, 2.05) is 11.8 Å². The average molecular weight is 271 g/mol. The van der Waals surface area contributed by atoms with Crippen LogP contribution in [0.4, 0.5) is 0 Å². The van der Waals surface area contributed by atoms with Crippen molar-refractivity contribution < 1.29 is 0 Å². The Bertz CT molecular complexity index is 196. The van der Waals surface area contributed by atoms with Crippen LogP contribution >= 0.6 is 11.8 Å². The summed E-state index contributed by atoms with van der Waals surface area (Å²) in [5.74, 6) is 5.67. The van der Waals surface area contributed by atoms with Gasteiger partial charge in [0.2, 0.25) is 0 Å². The molecule has 108 valence electrons. The predicted octanol–water partition coefficient (Wildman–Crippen LogP) is 6.01. The van der Waals surface area contributed by atoms with Gasteiger partial charge in [-0.2, -0.15) is 11.8 Å². The molecule has 18 heavy (non-hydrogen) atoms. The summed E-state index contributed by atoms with van der Waals surface area (Å²) >= 11 is 1.93. The topological polar surface area (TPSA) is 0 Å². The van der Waals surface area contributed by atoms with Crippen molar-refractivity contribution in [1.82, 2.24) is 0 Å². The van der Waals surface area contributed by atoms with E-state index in [0.29, 0.717) is 0 Å². The van der Waals surface area contributed by atoms with Crippen LogP contribution in [-0.4, -0.2) is 12.0 Å². The number of unbranched alkanes of at least 4 members (excludes halogenated alkanes) is 1. The second kappa shape index (κ2) is 9.28. The van der Waals surface area contributed by atoms with Gasteiger partial charge in [0.1, 0.15) is 0 Å². The third-order valence-corrected chi connectivity index (χ3v) is 5.40. The van der Waals surface area contributed by atoms with E-state index in [0.717, 1.165) is 23.7 Å². The molecule has 0 amide bonds. The molecule has 2 rings (SSSR count). The molecule has 0 aromatic carbocycles. The van der Waals surface area contributed by atoms with Crippen molar-refractivity contribution in [2.24, 2.45) is 23.7 Å². The summed E-state index contributed by atoms with van der Waals surface area (Å²) in [5, 5.41) is 0. The first-order valence-electron chi connectivity index (χ1n) is 8.16. The van der Waals surface area contributed by atoms with E-state index in [-0.39, 0.29) is 0 Å². The molecule has 0 heterocycles. The van der Waals surface area contributed by atoms with Gasteiger partial charge in [-0.05, 0) is 67.8 Å². The highest BCUT2D eigenvalue weighted by molar-refractivity contribution is 7.98. The second-order valence-electron chi connectivity index (χ2n) is 6.75. The Balaban J connectivity index is 0.000000232. The van der Waals surface area contributed by atoms with Crippen molar-refractivity contribution in [2.75, 3.05) is 12.0 Å². The summed E-state index contributed by atoms with van der Waals surface area (Å²) < 4.78 is 0. The molecule has 0 aromatic heterocycles. The predicted molar refractivity (Wildman–Crippen MR) is 86.3 cm³/mol. The maximum Gasteiger partial charge on any atom is -0.00704 e. The summed E-state index contributed by atoms with van der Waals surface area (Å²) in [6.07, 6.45) is 14.1. The lowest BCUT2D eigenvalue weighted by molar-refractivity contribution is 0.295. The smallest absolute Gasteiger partial charge is 0.00704 e.